The maximum atomic E-state index is 12.3. The molecule has 1 aromatic heterocycles. The second-order valence-electron chi connectivity index (χ2n) is 8.70. The lowest BCUT2D eigenvalue weighted by molar-refractivity contribution is -0.0947. The molecule has 2 amide bonds. The average molecular weight is 387 g/mol. The fourth-order valence-electron chi connectivity index (χ4n) is 3.96. The number of carbonyl (C=O) groups excluding carboxylic acids is 1. The summed E-state index contributed by atoms with van der Waals surface area (Å²) in [6.07, 6.45) is 3.28. The van der Waals surface area contributed by atoms with E-state index in [1.165, 1.54) is 16.5 Å². The number of ether oxygens (including phenoxy) is 1. The van der Waals surface area contributed by atoms with Gasteiger partial charge in [-0.25, -0.2) is 4.79 Å². The molecular weight excluding hydrogens is 352 g/mol. The Labute approximate surface area is 168 Å². The van der Waals surface area contributed by atoms with Crippen LogP contribution in [0.5, 0.6) is 0 Å². The SMILES string of the molecule is Cc1ccc2c(CCNC(=O)NCC(C)(C)N3CC(C)OC(C)C3)c[nH]c2c1. The molecule has 2 heterocycles. The van der Waals surface area contributed by atoms with E-state index < -0.39 is 0 Å². The van der Waals surface area contributed by atoms with Crippen LogP contribution in [0.2, 0.25) is 0 Å². The molecule has 154 valence electrons. The number of aromatic amines is 1. The van der Waals surface area contributed by atoms with Crippen molar-refractivity contribution < 1.29 is 9.53 Å². The van der Waals surface area contributed by atoms with Gasteiger partial charge in [-0.3, -0.25) is 4.90 Å². The number of nitrogens with zero attached hydrogens (tertiary/aromatic N) is 1. The van der Waals surface area contributed by atoms with Gasteiger partial charge in [0.1, 0.15) is 0 Å². The zero-order chi connectivity index (χ0) is 20.3. The predicted molar refractivity (Wildman–Crippen MR) is 114 cm³/mol. The lowest BCUT2D eigenvalue weighted by Crippen LogP contribution is -2.59. The summed E-state index contributed by atoms with van der Waals surface area (Å²) in [5.74, 6) is 0. The smallest absolute Gasteiger partial charge is 0.314 e. The number of urea groups is 1. The van der Waals surface area contributed by atoms with Crippen LogP contribution in [0.4, 0.5) is 4.79 Å². The van der Waals surface area contributed by atoms with Crippen molar-refractivity contribution in [1.29, 1.82) is 0 Å². The van der Waals surface area contributed by atoms with Gasteiger partial charge in [-0.15, -0.1) is 0 Å². The number of benzene rings is 1. The molecule has 2 unspecified atom stereocenters. The van der Waals surface area contributed by atoms with Crippen molar-refractivity contribution >= 4 is 16.9 Å². The third-order valence-electron chi connectivity index (χ3n) is 5.56. The van der Waals surface area contributed by atoms with E-state index >= 15 is 0 Å². The number of carbonyl (C=O) groups is 1. The Hall–Kier alpha value is -2.05. The quantitative estimate of drug-likeness (QED) is 0.714. The van der Waals surface area contributed by atoms with E-state index in [1.54, 1.807) is 0 Å². The van der Waals surface area contributed by atoms with Gasteiger partial charge in [0.2, 0.25) is 0 Å². The van der Waals surface area contributed by atoms with Crippen molar-refractivity contribution in [2.45, 2.75) is 58.8 Å². The van der Waals surface area contributed by atoms with Gasteiger partial charge in [0.05, 0.1) is 12.2 Å². The number of rotatable bonds is 6. The Kier molecular flexibility index (Phi) is 6.30. The van der Waals surface area contributed by atoms with Crippen molar-refractivity contribution in [3.8, 4) is 0 Å². The molecule has 6 nitrogen and oxygen atoms in total. The van der Waals surface area contributed by atoms with Crippen LogP contribution in [-0.2, 0) is 11.2 Å². The van der Waals surface area contributed by atoms with E-state index in [0.717, 1.165) is 25.0 Å². The van der Waals surface area contributed by atoms with E-state index in [1.807, 2.05) is 6.20 Å². The van der Waals surface area contributed by atoms with Crippen LogP contribution in [-0.4, -0.2) is 59.8 Å². The Morgan fingerprint density at radius 3 is 2.68 bits per heavy atom. The molecule has 0 spiro atoms. The highest BCUT2D eigenvalue weighted by atomic mass is 16.5. The fourth-order valence-corrected chi connectivity index (χ4v) is 3.96. The average Bonchev–Trinajstić information content (AvgIpc) is 3.01. The summed E-state index contributed by atoms with van der Waals surface area (Å²) in [7, 11) is 0. The largest absolute Gasteiger partial charge is 0.373 e. The van der Waals surface area contributed by atoms with Gasteiger partial charge in [-0.2, -0.15) is 0 Å². The Morgan fingerprint density at radius 1 is 1.25 bits per heavy atom. The van der Waals surface area contributed by atoms with Crippen LogP contribution in [0.1, 0.15) is 38.8 Å². The minimum absolute atomic E-state index is 0.113. The zero-order valence-corrected chi connectivity index (χ0v) is 17.8. The number of amides is 2. The van der Waals surface area contributed by atoms with Crippen molar-refractivity contribution in [2.24, 2.45) is 0 Å². The van der Waals surface area contributed by atoms with Gasteiger partial charge < -0.3 is 20.4 Å². The highest BCUT2D eigenvalue weighted by molar-refractivity contribution is 5.83. The highest BCUT2D eigenvalue weighted by Crippen LogP contribution is 2.21. The third kappa shape index (κ3) is 5.06. The van der Waals surface area contributed by atoms with Crippen LogP contribution in [0, 0.1) is 6.92 Å². The van der Waals surface area contributed by atoms with Gasteiger partial charge in [-0.05, 0) is 58.2 Å². The van der Waals surface area contributed by atoms with Crippen LogP contribution in [0.3, 0.4) is 0 Å². The summed E-state index contributed by atoms with van der Waals surface area (Å²) in [6, 6.07) is 6.30. The molecule has 2 aromatic rings. The minimum Gasteiger partial charge on any atom is -0.373 e. The molecule has 2 atom stereocenters. The van der Waals surface area contributed by atoms with E-state index in [2.05, 4.69) is 73.3 Å². The fraction of sp³-hybridized carbons (Fsp3) is 0.591. The second kappa shape index (κ2) is 8.53. The predicted octanol–water partition coefficient (Wildman–Crippen LogP) is 3.21. The summed E-state index contributed by atoms with van der Waals surface area (Å²) >= 11 is 0. The zero-order valence-electron chi connectivity index (χ0n) is 17.8. The summed E-state index contributed by atoms with van der Waals surface area (Å²) in [4.78, 5) is 18.0. The minimum atomic E-state index is -0.113. The molecule has 6 heteroatoms. The molecular formula is C22H34N4O2. The normalized spacial score (nSPS) is 21.0. The lowest BCUT2D eigenvalue weighted by atomic mass is 10.00. The molecule has 0 radical (unpaired) electrons. The molecule has 1 aliphatic rings. The Balaban J connectivity index is 1.45. The summed E-state index contributed by atoms with van der Waals surface area (Å²) in [5, 5.41) is 7.24. The monoisotopic (exact) mass is 386 g/mol. The van der Waals surface area contributed by atoms with Gasteiger partial charge in [-0.1, -0.05) is 12.1 Å². The number of morpholine rings is 1. The number of hydrogen-bond acceptors (Lipinski definition) is 3. The van der Waals surface area contributed by atoms with E-state index in [-0.39, 0.29) is 23.8 Å². The molecule has 0 saturated carbocycles. The first-order chi connectivity index (χ1) is 13.2. The van der Waals surface area contributed by atoms with Crippen molar-refractivity contribution in [2.75, 3.05) is 26.2 Å². The van der Waals surface area contributed by atoms with E-state index in [9.17, 15) is 4.79 Å². The molecule has 1 aromatic carbocycles. The topological polar surface area (TPSA) is 69.4 Å². The Bertz CT molecular complexity index is 804. The lowest BCUT2D eigenvalue weighted by Gasteiger charge is -2.45. The van der Waals surface area contributed by atoms with Gasteiger partial charge in [0.15, 0.2) is 0 Å². The molecule has 1 aliphatic heterocycles. The second-order valence-corrected chi connectivity index (χ2v) is 8.70. The number of aryl methyl sites for hydroxylation is 1. The van der Waals surface area contributed by atoms with E-state index in [4.69, 9.17) is 4.74 Å². The molecule has 3 rings (SSSR count). The number of aromatic nitrogens is 1. The number of hydrogen-bond donors (Lipinski definition) is 3. The molecule has 0 bridgehead atoms. The summed E-state index contributed by atoms with van der Waals surface area (Å²) < 4.78 is 5.82. The van der Waals surface area contributed by atoms with Crippen LogP contribution in [0.15, 0.2) is 24.4 Å². The third-order valence-corrected chi connectivity index (χ3v) is 5.56. The number of fused-ring (bicyclic) bond motifs is 1. The van der Waals surface area contributed by atoms with E-state index in [0.29, 0.717) is 13.1 Å². The molecule has 1 fully saturated rings. The van der Waals surface area contributed by atoms with Crippen LogP contribution < -0.4 is 10.6 Å². The molecule has 28 heavy (non-hydrogen) atoms. The molecule has 3 N–H and O–H groups in total. The van der Waals surface area contributed by atoms with Gasteiger partial charge >= 0.3 is 6.03 Å². The maximum Gasteiger partial charge on any atom is 0.314 e. The first-order valence-corrected chi connectivity index (χ1v) is 10.2. The van der Waals surface area contributed by atoms with Crippen LogP contribution >= 0.6 is 0 Å². The van der Waals surface area contributed by atoms with Gasteiger partial charge in [0, 0.05) is 48.8 Å². The Morgan fingerprint density at radius 2 is 1.96 bits per heavy atom. The highest BCUT2D eigenvalue weighted by Gasteiger charge is 2.33. The standard InChI is InChI=1S/C22H34N4O2/c1-15-6-7-19-18(11-24-20(19)10-15)8-9-23-21(27)25-14-22(4,5)26-12-16(2)28-17(3)13-26/h6-7,10-11,16-17,24H,8-9,12-14H2,1-5H3,(H2,23,25,27). The first kappa shape index (κ1) is 20.7. The van der Waals surface area contributed by atoms with Crippen molar-refractivity contribution in [1.82, 2.24) is 20.5 Å². The van der Waals surface area contributed by atoms with Crippen molar-refractivity contribution in [3.05, 3.63) is 35.5 Å². The number of nitrogens with one attached hydrogen (secondary N) is 3. The summed E-state index contributed by atoms with van der Waals surface area (Å²) in [5.41, 5.74) is 3.50. The first-order valence-electron chi connectivity index (χ1n) is 10.2. The molecule has 0 aliphatic carbocycles. The van der Waals surface area contributed by atoms with Crippen LogP contribution in [0.25, 0.3) is 10.9 Å². The number of H-pyrrole nitrogens is 1. The maximum absolute atomic E-state index is 12.3. The molecule has 1 saturated heterocycles. The van der Waals surface area contributed by atoms with Gasteiger partial charge in [0.25, 0.3) is 0 Å². The van der Waals surface area contributed by atoms with Crippen molar-refractivity contribution in [3.63, 3.8) is 0 Å². The summed E-state index contributed by atoms with van der Waals surface area (Å²) in [6.45, 7) is 13.6.